The second-order valence-electron chi connectivity index (χ2n) is 4.14. The van der Waals surface area contributed by atoms with Crippen molar-refractivity contribution in [1.29, 1.82) is 0 Å². The quantitative estimate of drug-likeness (QED) is 0.678. The summed E-state index contributed by atoms with van der Waals surface area (Å²) in [5.74, 6) is 0.178. The van der Waals surface area contributed by atoms with Gasteiger partial charge in [0.1, 0.15) is 5.82 Å². The van der Waals surface area contributed by atoms with Gasteiger partial charge in [0.05, 0.1) is 17.3 Å². The first-order chi connectivity index (χ1) is 9.47. The Balaban J connectivity index is 2.27. The molecule has 3 nitrogen and oxygen atoms in total. The Morgan fingerprint density at radius 3 is 2.70 bits per heavy atom. The topological polar surface area (TPSA) is 30.2 Å². The minimum atomic E-state index is -4.46. The largest absolute Gasteiger partial charge is 0.417 e. The Morgan fingerprint density at radius 2 is 1.95 bits per heavy atom. The second kappa shape index (κ2) is 4.49. The fourth-order valence-electron chi connectivity index (χ4n) is 1.99. The van der Waals surface area contributed by atoms with Crippen LogP contribution >= 0.6 is 11.6 Å². The maximum atomic E-state index is 13.0. The third-order valence-corrected chi connectivity index (χ3v) is 3.10. The first kappa shape index (κ1) is 12.9. The molecule has 0 saturated heterocycles. The Hall–Kier alpha value is -2.08. The van der Waals surface area contributed by atoms with Gasteiger partial charge in [0, 0.05) is 29.2 Å². The molecule has 0 atom stereocenters. The molecule has 3 aromatic heterocycles. The Bertz CT molecular complexity index is 780. The van der Waals surface area contributed by atoms with Crippen molar-refractivity contribution in [2.45, 2.75) is 6.18 Å². The van der Waals surface area contributed by atoms with Gasteiger partial charge in [0.25, 0.3) is 0 Å². The van der Waals surface area contributed by atoms with Crippen molar-refractivity contribution in [3.8, 4) is 11.4 Å². The number of rotatable bonds is 1. The predicted molar refractivity (Wildman–Crippen MR) is 68.4 cm³/mol. The average molecular weight is 298 g/mol. The molecule has 0 saturated carbocycles. The molecule has 0 radical (unpaired) electrons. The smallest absolute Gasteiger partial charge is 0.300 e. The SMILES string of the molecule is FC(F)(F)c1ccncc1-c1ncc2cc(Cl)ccn12. The van der Waals surface area contributed by atoms with Crippen LogP contribution in [0.3, 0.4) is 0 Å². The highest BCUT2D eigenvalue weighted by Crippen LogP contribution is 2.36. The highest BCUT2D eigenvalue weighted by molar-refractivity contribution is 6.30. The zero-order valence-electron chi connectivity index (χ0n) is 9.89. The lowest BCUT2D eigenvalue weighted by atomic mass is 10.1. The summed E-state index contributed by atoms with van der Waals surface area (Å²) in [6.45, 7) is 0. The lowest BCUT2D eigenvalue weighted by Gasteiger charge is -2.11. The number of alkyl halides is 3. The van der Waals surface area contributed by atoms with Gasteiger partial charge in [-0.1, -0.05) is 11.6 Å². The van der Waals surface area contributed by atoms with Crippen LogP contribution < -0.4 is 0 Å². The summed E-state index contributed by atoms with van der Waals surface area (Å²) in [4.78, 5) is 7.80. The van der Waals surface area contributed by atoms with E-state index in [0.717, 1.165) is 18.5 Å². The van der Waals surface area contributed by atoms with Crippen molar-refractivity contribution < 1.29 is 13.2 Å². The van der Waals surface area contributed by atoms with Gasteiger partial charge in [-0.3, -0.25) is 9.38 Å². The molecule has 3 aromatic rings. The molecular weight excluding hydrogens is 291 g/mol. The highest BCUT2D eigenvalue weighted by Gasteiger charge is 2.34. The number of aromatic nitrogens is 3. The van der Waals surface area contributed by atoms with Gasteiger partial charge in [-0.15, -0.1) is 0 Å². The molecule has 0 aliphatic carbocycles. The standard InChI is InChI=1S/C13H7ClF3N3/c14-8-2-4-20-9(5-8)6-19-12(20)10-7-18-3-1-11(10)13(15,16)17/h1-7H. The van der Waals surface area contributed by atoms with Crippen LogP contribution in [0.1, 0.15) is 5.56 Å². The summed E-state index contributed by atoms with van der Waals surface area (Å²) < 4.78 is 40.6. The minimum Gasteiger partial charge on any atom is -0.300 e. The molecule has 0 fully saturated rings. The van der Waals surface area contributed by atoms with Crippen LogP contribution in [0.2, 0.25) is 5.02 Å². The summed E-state index contributed by atoms with van der Waals surface area (Å²) in [7, 11) is 0. The number of pyridine rings is 2. The molecule has 0 unspecified atom stereocenters. The van der Waals surface area contributed by atoms with Gasteiger partial charge in [0.15, 0.2) is 0 Å². The summed E-state index contributed by atoms with van der Waals surface area (Å²) in [6, 6.07) is 4.15. The van der Waals surface area contributed by atoms with E-state index in [-0.39, 0.29) is 11.4 Å². The van der Waals surface area contributed by atoms with Gasteiger partial charge < -0.3 is 0 Å². The minimum absolute atomic E-state index is 0.0673. The molecule has 0 N–H and O–H groups in total. The van der Waals surface area contributed by atoms with E-state index in [1.165, 1.54) is 10.6 Å². The number of halogens is 4. The molecule has 3 heterocycles. The second-order valence-corrected chi connectivity index (χ2v) is 4.58. The number of hydrogen-bond acceptors (Lipinski definition) is 2. The molecule has 0 aliphatic heterocycles. The molecule has 102 valence electrons. The molecule has 0 aliphatic rings. The van der Waals surface area contributed by atoms with Crippen molar-refractivity contribution in [2.24, 2.45) is 0 Å². The summed E-state index contributed by atoms with van der Waals surface area (Å²) in [5, 5.41) is 0.492. The molecule has 0 bridgehead atoms. The summed E-state index contributed by atoms with van der Waals surface area (Å²) in [5.41, 5.74) is -0.221. The van der Waals surface area contributed by atoms with Crippen LogP contribution in [0.25, 0.3) is 16.9 Å². The van der Waals surface area contributed by atoms with E-state index in [9.17, 15) is 13.2 Å². The van der Waals surface area contributed by atoms with Crippen LogP contribution in [0.5, 0.6) is 0 Å². The monoisotopic (exact) mass is 297 g/mol. The summed E-state index contributed by atoms with van der Waals surface area (Å²) in [6.07, 6.45) is 0.850. The Labute approximate surface area is 116 Å². The first-order valence-electron chi connectivity index (χ1n) is 5.61. The van der Waals surface area contributed by atoms with Crippen LogP contribution in [0.4, 0.5) is 13.2 Å². The molecule has 0 aromatic carbocycles. The molecule has 20 heavy (non-hydrogen) atoms. The zero-order valence-corrected chi connectivity index (χ0v) is 10.7. The van der Waals surface area contributed by atoms with Gasteiger partial charge in [-0.25, -0.2) is 4.98 Å². The number of hydrogen-bond donors (Lipinski definition) is 0. The van der Waals surface area contributed by atoms with Crippen LogP contribution in [0.15, 0.2) is 43.0 Å². The van der Waals surface area contributed by atoms with Crippen LogP contribution in [0, 0.1) is 0 Å². The average Bonchev–Trinajstić information content (AvgIpc) is 2.80. The van der Waals surface area contributed by atoms with Gasteiger partial charge in [-0.05, 0) is 18.2 Å². The molecule has 7 heteroatoms. The van der Waals surface area contributed by atoms with Crippen molar-refractivity contribution >= 4 is 17.1 Å². The molecule has 0 spiro atoms. The maximum Gasteiger partial charge on any atom is 0.417 e. The van der Waals surface area contributed by atoms with E-state index < -0.39 is 11.7 Å². The number of nitrogens with zero attached hydrogens (tertiary/aromatic N) is 3. The van der Waals surface area contributed by atoms with Crippen LogP contribution in [-0.2, 0) is 6.18 Å². The molecule has 0 amide bonds. The third-order valence-electron chi connectivity index (χ3n) is 2.86. The van der Waals surface area contributed by atoms with Crippen LogP contribution in [-0.4, -0.2) is 14.4 Å². The van der Waals surface area contributed by atoms with E-state index >= 15 is 0 Å². The van der Waals surface area contributed by atoms with Crippen molar-refractivity contribution in [1.82, 2.24) is 14.4 Å². The van der Waals surface area contributed by atoms with Gasteiger partial charge in [-0.2, -0.15) is 13.2 Å². The highest BCUT2D eigenvalue weighted by atomic mass is 35.5. The lowest BCUT2D eigenvalue weighted by molar-refractivity contribution is -0.137. The van der Waals surface area contributed by atoms with E-state index in [1.807, 2.05) is 0 Å². The Kier molecular flexibility index (Phi) is 2.90. The van der Waals surface area contributed by atoms with E-state index in [0.29, 0.717) is 10.5 Å². The normalized spacial score (nSPS) is 12.0. The van der Waals surface area contributed by atoms with Gasteiger partial charge >= 0.3 is 6.18 Å². The van der Waals surface area contributed by atoms with E-state index in [2.05, 4.69) is 9.97 Å². The summed E-state index contributed by atoms with van der Waals surface area (Å²) >= 11 is 5.84. The fraction of sp³-hybridized carbons (Fsp3) is 0.0769. The lowest BCUT2D eigenvalue weighted by Crippen LogP contribution is -2.08. The molecule has 3 rings (SSSR count). The van der Waals surface area contributed by atoms with Gasteiger partial charge in [0.2, 0.25) is 0 Å². The number of imidazole rings is 1. The fourth-order valence-corrected chi connectivity index (χ4v) is 2.16. The van der Waals surface area contributed by atoms with Crippen molar-refractivity contribution in [2.75, 3.05) is 0 Å². The maximum absolute atomic E-state index is 13.0. The van der Waals surface area contributed by atoms with E-state index in [4.69, 9.17) is 11.6 Å². The molecular formula is C13H7ClF3N3. The number of fused-ring (bicyclic) bond motifs is 1. The first-order valence-corrected chi connectivity index (χ1v) is 5.99. The zero-order chi connectivity index (χ0) is 14.3. The Morgan fingerprint density at radius 1 is 1.15 bits per heavy atom. The van der Waals surface area contributed by atoms with Crippen molar-refractivity contribution in [3.63, 3.8) is 0 Å². The van der Waals surface area contributed by atoms with E-state index in [1.54, 1.807) is 18.3 Å². The van der Waals surface area contributed by atoms with Crippen molar-refractivity contribution in [3.05, 3.63) is 53.6 Å². The third kappa shape index (κ3) is 2.12. The predicted octanol–water partition coefficient (Wildman–Crippen LogP) is 4.07.